The van der Waals surface area contributed by atoms with Gasteiger partial charge in [0, 0.05) is 11.4 Å². The fourth-order valence-corrected chi connectivity index (χ4v) is 3.17. The summed E-state index contributed by atoms with van der Waals surface area (Å²) in [5.41, 5.74) is 4.18. The van der Waals surface area contributed by atoms with E-state index in [0.29, 0.717) is 22.5 Å². The van der Waals surface area contributed by atoms with E-state index in [9.17, 15) is 9.59 Å². The van der Waals surface area contributed by atoms with E-state index in [1.54, 1.807) is 13.8 Å². The monoisotopic (exact) mass is 343 g/mol. The summed E-state index contributed by atoms with van der Waals surface area (Å²) in [5, 5.41) is 3.13. The molecule has 1 N–H and O–H groups in total. The maximum atomic E-state index is 12.6. The predicted molar refractivity (Wildman–Crippen MR) is 95.7 cm³/mol. The number of dihydropyridines is 1. The number of nitrogens with one attached hydrogen (secondary N) is 1. The molecule has 0 radical (unpaired) electrons. The molecule has 0 spiro atoms. The Kier molecular flexibility index (Phi) is 6.02. The number of benzene rings is 1. The second kappa shape index (κ2) is 8.01. The first-order valence-electron chi connectivity index (χ1n) is 8.50. The van der Waals surface area contributed by atoms with Crippen LogP contribution in [-0.2, 0) is 19.1 Å². The van der Waals surface area contributed by atoms with Crippen LogP contribution in [0.3, 0.4) is 0 Å². The molecule has 0 bridgehead atoms. The molecular formula is C20H25NO4. The Hall–Kier alpha value is -2.56. The van der Waals surface area contributed by atoms with Gasteiger partial charge >= 0.3 is 11.9 Å². The van der Waals surface area contributed by atoms with Crippen LogP contribution >= 0.6 is 0 Å². The average Bonchev–Trinajstić information content (AvgIpc) is 2.54. The van der Waals surface area contributed by atoms with Gasteiger partial charge in [-0.15, -0.1) is 0 Å². The summed E-state index contributed by atoms with van der Waals surface area (Å²) in [6.07, 6.45) is 0. The Morgan fingerprint density at radius 3 is 1.84 bits per heavy atom. The SMILES string of the molecule is CCOC(=O)C1=C(C)NC(C)=C(C(=O)OCC)C1c1ccccc1C. The molecule has 0 atom stereocenters. The quantitative estimate of drug-likeness (QED) is 0.831. The van der Waals surface area contributed by atoms with Crippen LogP contribution in [0.4, 0.5) is 0 Å². The van der Waals surface area contributed by atoms with Crippen LogP contribution in [0.5, 0.6) is 0 Å². The standard InChI is InChI=1S/C20H25NO4/c1-6-24-19(22)16-13(4)21-14(5)17(20(23)25-7-2)18(16)15-11-9-8-10-12(15)3/h8-11,18,21H,6-7H2,1-5H3. The third-order valence-electron chi connectivity index (χ3n) is 4.25. The van der Waals surface area contributed by atoms with Crippen molar-refractivity contribution in [1.82, 2.24) is 5.32 Å². The molecule has 0 unspecified atom stereocenters. The van der Waals surface area contributed by atoms with Gasteiger partial charge in [-0.3, -0.25) is 0 Å². The van der Waals surface area contributed by atoms with Crippen molar-refractivity contribution in [2.45, 2.75) is 40.5 Å². The number of esters is 2. The smallest absolute Gasteiger partial charge is 0.336 e. The van der Waals surface area contributed by atoms with Crippen molar-refractivity contribution in [3.63, 3.8) is 0 Å². The Morgan fingerprint density at radius 1 is 0.920 bits per heavy atom. The highest BCUT2D eigenvalue weighted by Crippen LogP contribution is 2.40. The minimum Gasteiger partial charge on any atom is -0.463 e. The Labute approximate surface area is 148 Å². The molecule has 2 rings (SSSR count). The zero-order valence-electron chi connectivity index (χ0n) is 15.4. The van der Waals surface area contributed by atoms with Gasteiger partial charge in [0.1, 0.15) is 0 Å². The maximum Gasteiger partial charge on any atom is 0.336 e. The summed E-state index contributed by atoms with van der Waals surface area (Å²) < 4.78 is 10.5. The number of hydrogen-bond acceptors (Lipinski definition) is 5. The van der Waals surface area contributed by atoms with Crippen LogP contribution < -0.4 is 5.32 Å². The largest absolute Gasteiger partial charge is 0.463 e. The summed E-state index contributed by atoms with van der Waals surface area (Å²) in [6.45, 7) is 9.68. The second-order valence-electron chi connectivity index (χ2n) is 5.93. The van der Waals surface area contributed by atoms with Gasteiger partial charge in [-0.2, -0.15) is 0 Å². The van der Waals surface area contributed by atoms with E-state index >= 15 is 0 Å². The van der Waals surface area contributed by atoms with Gasteiger partial charge < -0.3 is 14.8 Å². The molecule has 5 nitrogen and oxygen atoms in total. The van der Waals surface area contributed by atoms with Crippen LogP contribution in [0.1, 0.15) is 44.7 Å². The van der Waals surface area contributed by atoms with Crippen molar-refractivity contribution < 1.29 is 19.1 Å². The van der Waals surface area contributed by atoms with E-state index in [-0.39, 0.29) is 13.2 Å². The topological polar surface area (TPSA) is 64.6 Å². The van der Waals surface area contributed by atoms with Crippen molar-refractivity contribution in [3.05, 3.63) is 57.9 Å². The molecule has 0 saturated carbocycles. The lowest BCUT2D eigenvalue weighted by molar-refractivity contribution is -0.139. The Balaban J connectivity index is 2.66. The van der Waals surface area contributed by atoms with E-state index in [4.69, 9.17) is 9.47 Å². The summed E-state index contributed by atoms with van der Waals surface area (Å²) in [4.78, 5) is 25.3. The summed E-state index contributed by atoms with van der Waals surface area (Å²) >= 11 is 0. The predicted octanol–water partition coefficient (Wildman–Crippen LogP) is 3.36. The van der Waals surface area contributed by atoms with Crippen LogP contribution in [-0.4, -0.2) is 25.2 Å². The van der Waals surface area contributed by atoms with Crippen LogP contribution in [0.15, 0.2) is 46.8 Å². The first-order valence-corrected chi connectivity index (χ1v) is 8.50. The van der Waals surface area contributed by atoms with Crippen molar-refractivity contribution in [2.24, 2.45) is 0 Å². The van der Waals surface area contributed by atoms with Crippen LogP contribution in [0.2, 0.25) is 0 Å². The molecule has 1 heterocycles. The van der Waals surface area contributed by atoms with Crippen LogP contribution in [0.25, 0.3) is 0 Å². The summed E-state index contributed by atoms with van der Waals surface area (Å²) in [5.74, 6) is -1.36. The van der Waals surface area contributed by atoms with Gasteiger partial charge in [-0.25, -0.2) is 9.59 Å². The third-order valence-corrected chi connectivity index (χ3v) is 4.25. The number of carbonyl (C=O) groups excluding carboxylic acids is 2. The Bertz CT molecular complexity index is 706. The molecule has 1 aliphatic heterocycles. The number of hydrogen-bond donors (Lipinski definition) is 1. The van der Waals surface area contributed by atoms with Gasteiger partial charge in [0.2, 0.25) is 0 Å². The van der Waals surface area contributed by atoms with Gasteiger partial charge in [-0.1, -0.05) is 24.3 Å². The molecule has 5 heteroatoms. The zero-order valence-corrected chi connectivity index (χ0v) is 15.4. The zero-order chi connectivity index (χ0) is 18.6. The highest BCUT2D eigenvalue weighted by molar-refractivity contribution is 6.00. The van der Waals surface area contributed by atoms with E-state index < -0.39 is 17.9 Å². The molecule has 0 amide bonds. The van der Waals surface area contributed by atoms with Crippen molar-refractivity contribution in [3.8, 4) is 0 Å². The molecule has 1 aliphatic rings. The minimum absolute atomic E-state index is 0.271. The lowest BCUT2D eigenvalue weighted by Crippen LogP contribution is -2.32. The number of aryl methyl sites for hydroxylation is 1. The molecule has 1 aromatic rings. The van der Waals surface area contributed by atoms with E-state index in [1.165, 1.54) is 0 Å². The van der Waals surface area contributed by atoms with E-state index in [0.717, 1.165) is 11.1 Å². The van der Waals surface area contributed by atoms with Crippen LogP contribution in [0, 0.1) is 6.92 Å². The molecule has 134 valence electrons. The van der Waals surface area contributed by atoms with Gasteiger partial charge in [0.05, 0.1) is 30.3 Å². The molecule has 25 heavy (non-hydrogen) atoms. The first kappa shape index (κ1) is 18.8. The van der Waals surface area contributed by atoms with Gasteiger partial charge in [-0.05, 0) is 45.7 Å². The van der Waals surface area contributed by atoms with Crippen molar-refractivity contribution in [1.29, 1.82) is 0 Å². The molecule has 0 aromatic heterocycles. The normalized spacial score (nSPS) is 15.1. The minimum atomic E-state index is -0.513. The van der Waals surface area contributed by atoms with E-state index in [2.05, 4.69) is 5.32 Å². The fourth-order valence-electron chi connectivity index (χ4n) is 3.17. The number of ether oxygens (including phenoxy) is 2. The van der Waals surface area contributed by atoms with E-state index in [1.807, 2.05) is 45.0 Å². The first-order chi connectivity index (χ1) is 11.9. The second-order valence-corrected chi connectivity index (χ2v) is 5.93. The number of allylic oxidation sites excluding steroid dienone is 2. The Morgan fingerprint density at radius 2 is 1.40 bits per heavy atom. The lowest BCUT2D eigenvalue weighted by atomic mass is 9.79. The maximum absolute atomic E-state index is 12.6. The number of carbonyl (C=O) groups is 2. The van der Waals surface area contributed by atoms with Crippen molar-refractivity contribution >= 4 is 11.9 Å². The molecular weight excluding hydrogens is 318 g/mol. The molecule has 1 aromatic carbocycles. The fraction of sp³-hybridized carbons (Fsp3) is 0.400. The molecule has 0 aliphatic carbocycles. The summed E-state index contributed by atoms with van der Waals surface area (Å²) in [7, 11) is 0. The highest BCUT2D eigenvalue weighted by Gasteiger charge is 2.38. The number of rotatable bonds is 5. The van der Waals surface area contributed by atoms with Gasteiger partial charge in [0.25, 0.3) is 0 Å². The third kappa shape index (κ3) is 3.76. The van der Waals surface area contributed by atoms with Crippen molar-refractivity contribution in [2.75, 3.05) is 13.2 Å². The average molecular weight is 343 g/mol. The molecule has 0 saturated heterocycles. The lowest BCUT2D eigenvalue weighted by Gasteiger charge is -2.31. The summed E-state index contributed by atoms with van der Waals surface area (Å²) in [6, 6.07) is 7.74. The van der Waals surface area contributed by atoms with Gasteiger partial charge in [0.15, 0.2) is 0 Å². The highest BCUT2D eigenvalue weighted by atomic mass is 16.5. The molecule has 0 fully saturated rings.